The Morgan fingerprint density at radius 1 is 1.10 bits per heavy atom. The number of nitrogens with zero attached hydrogens (tertiary/aromatic N) is 1. The molecule has 1 N–H and O–H groups in total. The van der Waals surface area contributed by atoms with Crippen molar-refractivity contribution >= 4 is 34.3 Å². The number of fused-ring (bicyclic) bond motifs is 1. The smallest absolute Gasteiger partial charge is 0.262 e. The number of nitrogens with one attached hydrogen (secondary N) is 1. The number of aromatic nitrogens is 1. The minimum absolute atomic E-state index is 0.155. The van der Waals surface area contributed by atoms with Crippen molar-refractivity contribution in [1.29, 1.82) is 0 Å². The molecular weight excluding hydrogens is 392 g/mol. The lowest BCUT2D eigenvalue weighted by atomic mass is 10.2. The molecule has 29 heavy (non-hydrogen) atoms. The molecule has 0 saturated heterocycles. The Hall–Kier alpha value is -3.51. The van der Waals surface area contributed by atoms with Crippen LogP contribution in [0.15, 0.2) is 71.1 Å². The second-order valence-electron chi connectivity index (χ2n) is 6.19. The van der Waals surface area contributed by atoms with E-state index in [4.69, 9.17) is 25.5 Å². The molecule has 146 valence electrons. The Kier molecular flexibility index (Phi) is 5.35. The molecule has 0 aliphatic heterocycles. The normalized spacial score (nSPS) is 10.7. The highest BCUT2D eigenvalue weighted by Gasteiger charge is 2.13. The zero-order valence-corrected chi connectivity index (χ0v) is 16.3. The first-order chi connectivity index (χ1) is 14.1. The van der Waals surface area contributed by atoms with Crippen molar-refractivity contribution in [2.75, 3.05) is 19.0 Å². The lowest BCUT2D eigenvalue weighted by Gasteiger charge is -2.12. The number of carbonyl (C=O) groups is 1. The van der Waals surface area contributed by atoms with Crippen molar-refractivity contribution in [2.45, 2.75) is 0 Å². The summed E-state index contributed by atoms with van der Waals surface area (Å²) in [6, 6.07) is 19.6. The number of amides is 1. The second-order valence-corrected chi connectivity index (χ2v) is 6.63. The van der Waals surface area contributed by atoms with E-state index < -0.39 is 0 Å². The van der Waals surface area contributed by atoms with Crippen LogP contribution in [0.2, 0.25) is 5.02 Å². The second kappa shape index (κ2) is 8.24. The molecule has 1 aromatic heterocycles. The number of para-hydroxylation sites is 2. The number of methoxy groups -OCH3 is 1. The molecule has 4 aromatic rings. The van der Waals surface area contributed by atoms with Crippen LogP contribution in [0.25, 0.3) is 22.6 Å². The van der Waals surface area contributed by atoms with Gasteiger partial charge in [-0.2, -0.15) is 0 Å². The van der Waals surface area contributed by atoms with Gasteiger partial charge in [0.1, 0.15) is 17.0 Å². The average molecular weight is 409 g/mol. The van der Waals surface area contributed by atoms with Crippen molar-refractivity contribution < 1.29 is 18.7 Å². The van der Waals surface area contributed by atoms with E-state index in [0.717, 1.165) is 11.1 Å². The summed E-state index contributed by atoms with van der Waals surface area (Å²) in [7, 11) is 1.54. The van der Waals surface area contributed by atoms with Crippen molar-refractivity contribution in [3.05, 3.63) is 71.8 Å². The molecule has 0 unspecified atom stereocenters. The number of oxazole rings is 1. The van der Waals surface area contributed by atoms with Crippen LogP contribution in [0.4, 0.5) is 5.69 Å². The number of carbonyl (C=O) groups excluding carboxylic acids is 1. The number of hydrogen-bond donors (Lipinski definition) is 1. The third-order valence-corrected chi connectivity index (χ3v) is 4.45. The maximum atomic E-state index is 12.4. The first-order valence-electron chi connectivity index (χ1n) is 8.84. The van der Waals surface area contributed by atoms with E-state index in [1.54, 1.807) is 36.4 Å². The van der Waals surface area contributed by atoms with Crippen LogP contribution >= 0.6 is 11.6 Å². The molecular formula is C22H17ClN2O4. The highest BCUT2D eigenvalue weighted by atomic mass is 35.5. The molecule has 0 radical (unpaired) electrons. The first-order valence-corrected chi connectivity index (χ1v) is 9.22. The number of benzene rings is 3. The molecule has 0 spiro atoms. The summed E-state index contributed by atoms with van der Waals surface area (Å²) in [4.78, 5) is 16.8. The van der Waals surface area contributed by atoms with E-state index in [-0.39, 0.29) is 12.5 Å². The van der Waals surface area contributed by atoms with E-state index >= 15 is 0 Å². The third kappa shape index (κ3) is 4.33. The number of rotatable bonds is 6. The van der Waals surface area contributed by atoms with Gasteiger partial charge >= 0.3 is 0 Å². The van der Waals surface area contributed by atoms with E-state index in [1.165, 1.54) is 7.11 Å². The topological polar surface area (TPSA) is 73.6 Å². The molecule has 0 bridgehead atoms. The predicted octanol–water partition coefficient (Wildman–Crippen LogP) is 5.17. The maximum absolute atomic E-state index is 12.4. The molecule has 0 aliphatic carbocycles. The highest BCUT2D eigenvalue weighted by Crippen LogP contribution is 2.31. The van der Waals surface area contributed by atoms with Crippen LogP contribution < -0.4 is 14.8 Å². The van der Waals surface area contributed by atoms with Gasteiger partial charge in [0.2, 0.25) is 5.89 Å². The number of anilines is 1. The molecule has 0 atom stereocenters. The Morgan fingerprint density at radius 2 is 1.90 bits per heavy atom. The Labute approximate surface area is 172 Å². The summed E-state index contributed by atoms with van der Waals surface area (Å²) < 4.78 is 16.6. The maximum Gasteiger partial charge on any atom is 0.262 e. The van der Waals surface area contributed by atoms with Crippen molar-refractivity contribution in [3.63, 3.8) is 0 Å². The van der Waals surface area contributed by atoms with Crippen LogP contribution in [-0.2, 0) is 4.79 Å². The first kappa shape index (κ1) is 18.8. The summed E-state index contributed by atoms with van der Waals surface area (Å²) in [6.07, 6.45) is 0. The fourth-order valence-electron chi connectivity index (χ4n) is 2.80. The molecule has 6 nitrogen and oxygen atoms in total. The number of ether oxygens (including phenoxy) is 2. The monoisotopic (exact) mass is 408 g/mol. The van der Waals surface area contributed by atoms with Crippen LogP contribution in [0.3, 0.4) is 0 Å². The van der Waals surface area contributed by atoms with Gasteiger partial charge in [-0.3, -0.25) is 4.79 Å². The fourth-order valence-corrected chi connectivity index (χ4v) is 2.93. The minimum Gasteiger partial charge on any atom is -0.495 e. The number of halogens is 1. The van der Waals surface area contributed by atoms with E-state index in [9.17, 15) is 4.79 Å². The summed E-state index contributed by atoms with van der Waals surface area (Å²) in [5.41, 5.74) is 2.67. The van der Waals surface area contributed by atoms with E-state index in [1.807, 2.05) is 30.3 Å². The van der Waals surface area contributed by atoms with Crippen LogP contribution in [0.5, 0.6) is 11.5 Å². The van der Waals surface area contributed by atoms with Gasteiger partial charge in [-0.15, -0.1) is 0 Å². The van der Waals surface area contributed by atoms with Crippen LogP contribution in [0.1, 0.15) is 0 Å². The zero-order chi connectivity index (χ0) is 20.2. The molecule has 3 aromatic carbocycles. The summed E-state index contributed by atoms with van der Waals surface area (Å²) in [5.74, 6) is 1.20. The highest BCUT2D eigenvalue weighted by molar-refractivity contribution is 6.30. The fraction of sp³-hybridized carbons (Fsp3) is 0.0909. The predicted molar refractivity (Wildman–Crippen MR) is 112 cm³/mol. The van der Waals surface area contributed by atoms with Crippen molar-refractivity contribution in [2.24, 2.45) is 0 Å². The lowest BCUT2D eigenvalue weighted by Crippen LogP contribution is -2.20. The van der Waals surface area contributed by atoms with Crippen LogP contribution in [-0.4, -0.2) is 24.6 Å². The van der Waals surface area contributed by atoms with Gasteiger partial charge in [0.05, 0.1) is 12.8 Å². The van der Waals surface area contributed by atoms with Crippen molar-refractivity contribution in [3.8, 4) is 23.0 Å². The molecule has 1 heterocycles. The Morgan fingerprint density at radius 3 is 2.66 bits per heavy atom. The molecule has 4 rings (SSSR count). The van der Waals surface area contributed by atoms with E-state index in [2.05, 4.69) is 10.3 Å². The van der Waals surface area contributed by atoms with Gasteiger partial charge in [-0.05, 0) is 54.6 Å². The standard InChI is InChI=1S/C22H17ClN2O4/c1-27-19-11-6-14(22-25-17-4-2-3-5-20(17)29-22)12-18(19)24-21(26)13-28-16-9-7-15(23)8-10-16/h2-12H,13H2,1H3,(H,24,26). The quantitative estimate of drug-likeness (QED) is 0.476. The Bertz CT molecular complexity index is 1120. The summed E-state index contributed by atoms with van der Waals surface area (Å²) in [6.45, 7) is -0.155. The summed E-state index contributed by atoms with van der Waals surface area (Å²) >= 11 is 5.84. The average Bonchev–Trinajstić information content (AvgIpc) is 3.17. The van der Waals surface area contributed by atoms with Gasteiger partial charge in [0, 0.05) is 10.6 Å². The molecule has 0 aliphatic rings. The number of hydrogen-bond acceptors (Lipinski definition) is 5. The van der Waals surface area contributed by atoms with Gasteiger partial charge in [-0.1, -0.05) is 23.7 Å². The molecule has 0 fully saturated rings. The largest absolute Gasteiger partial charge is 0.495 e. The minimum atomic E-state index is -0.326. The lowest BCUT2D eigenvalue weighted by molar-refractivity contribution is -0.118. The van der Waals surface area contributed by atoms with Crippen molar-refractivity contribution in [1.82, 2.24) is 4.98 Å². The Balaban J connectivity index is 1.51. The van der Waals surface area contributed by atoms with Gasteiger partial charge in [-0.25, -0.2) is 4.98 Å². The van der Waals surface area contributed by atoms with E-state index in [0.29, 0.717) is 33.7 Å². The zero-order valence-electron chi connectivity index (χ0n) is 15.5. The summed E-state index contributed by atoms with van der Waals surface area (Å²) in [5, 5.41) is 3.40. The molecule has 0 saturated carbocycles. The SMILES string of the molecule is COc1ccc(-c2nc3ccccc3o2)cc1NC(=O)COc1ccc(Cl)cc1. The molecule has 7 heteroatoms. The molecule has 1 amide bonds. The van der Waals surface area contributed by atoms with Gasteiger partial charge < -0.3 is 19.2 Å². The third-order valence-electron chi connectivity index (χ3n) is 4.20. The van der Waals surface area contributed by atoms with Gasteiger partial charge in [0.25, 0.3) is 5.91 Å². The van der Waals surface area contributed by atoms with Gasteiger partial charge in [0.15, 0.2) is 12.2 Å². The van der Waals surface area contributed by atoms with Crippen LogP contribution in [0, 0.1) is 0 Å².